The second kappa shape index (κ2) is 5.85. The van der Waals surface area contributed by atoms with E-state index < -0.39 is 0 Å². The van der Waals surface area contributed by atoms with Gasteiger partial charge in [0.05, 0.1) is 6.04 Å². The van der Waals surface area contributed by atoms with Gasteiger partial charge in [0.15, 0.2) is 0 Å². The van der Waals surface area contributed by atoms with Crippen molar-refractivity contribution in [2.24, 2.45) is 5.92 Å². The van der Waals surface area contributed by atoms with E-state index in [0.29, 0.717) is 6.04 Å². The number of rotatable bonds is 7. The van der Waals surface area contributed by atoms with Gasteiger partial charge in [-0.3, -0.25) is 4.79 Å². The van der Waals surface area contributed by atoms with Crippen molar-refractivity contribution >= 4 is 5.91 Å². The van der Waals surface area contributed by atoms with E-state index in [9.17, 15) is 4.79 Å². The lowest BCUT2D eigenvalue weighted by Gasteiger charge is -2.30. The van der Waals surface area contributed by atoms with Gasteiger partial charge in [-0.1, -0.05) is 13.8 Å². The highest BCUT2D eigenvalue weighted by molar-refractivity contribution is 5.81. The molecule has 0 saturated heterocycles. The van der Waals surface area contributed by atoms with E-state index in [4.69, 9.17) is 0 Å². The summed E-state index contributed by atoms with van der Waals surface area (Å²) in [6.45, 7) is 10.6. The fourth-order valence-corrected chi connectivity index (χ4v) is 2.37. The van der Waals surface area contributed by atoms with Crippen molar-refractivity contribution in [2.75, 3.05) is 0 Å². The van der Waals surface area contributed by atoms with Gasteiger partial charge in [0.2, 0.25) is 5.91 Å². The molecule has 0 heterocycles. The van der Waals surface area contributed by atoms with Gasteiger partial charge in [-0.25, -0.2) is 0 Å². The molecule has 0 aromatic rings. The molecule has 1 atom stereocenters. The van der Waals surface area contributed by atoms with Gasteiger partial charge in [-0.2, -0.15) is 0 Å². The molecule has 1 unspecified atom stereocenters. The highest BCUT2D eigenvalue weighted by atomic mass is 16.2. The maximum Gasteiger partial charge on any atom is 0.237 e. The average Bonchev–Trinajstić information content (AvgIpc) is 3.08. The van der Waals surface area contributed by atoms with Crippen LogP contribution in [-0.2, 0) is 4.79 Å². The molecule has 0 aliphatic heterocycles. The van der Waals surface area contributed by atoms with Crippen molar-refractivity contribution in [3.05, 3.63) is 0 Å². The van der Waals surface area contributed by atoms with Gasteiger partial charge in [-0.05, 0) is 52.4 Å². The van der Waals surface area contributed by atoms with Crippen LogP contribution in [0.3, 0.4) is 0 Å². The van der Waals surface area contributed by atoms with E-state index in [2.05, 4.69) is 38.3 Å². The van der Waals surface area contributed by atoms with Crippen LogP contribution in [0.4, 0.5) is 0 Å². The number of carbonyl (C=O) groups excluding carboxylic acids is 1. The van der Waals surface area contributed by atoms with Gasteiger partial charge in [0.1, 0.15) is 0 Å². The quantitative estimate of drug-likeness (QED) is 0.717. The van der Waals surface area contributed by atoms with E-state index in [-0.39, 0.29) is 17.5 Å². The van der Waals surface area contributed by atoms with E-state index in [1.165, 1.54) is 12.8 Å². The largest absolute Gasteiger partial charge is 0.352 e. The molecule has 100 valence electrons. The Bertz CT molecular complexity index is 255. The van der Waals surface area contributed by atoms with Crippen molar-refractivity contribution in [1.82, 2.24) is 10.6 Å². The lowest BCUT2D eigenvalue weighted by Crippen LogP contribution is -2.54. The summed E-state index contributed by atoms with van der Waals surface area (Å²) in [5.41, 5.74) is 0.0880. The van der Waals surface area contributed by atoms with Gasteiger partial charge in [-0.15, -0.1) is 0 Å². The Hall–Kier alpha value is -0.570. The molecule has 1 saturated carbocycles. The van der Waals surface area contributed by atoms with Gasteiger partial charge in [0.25, 0.3) is 0 Å². The highest BCUT2D eigenvalue weighted by Crippen LogP contribution is 2.39. The predicted molar refractivity (Wildman–Crippen MR) is 71.9 cm³/mol. The standard InChI is InChI=1S/C14H28N2O/c1-6-12(7-2)15-13(17)10(3)16-14(4,5)11-8-9-11/h10-12,16H,6-9H2,1-5H3,(H,15,17). The third-order valence-corrected chi connectivity index (χ3v) is 3.91. The number of hydrogen-bond acceptors (Lipinski definition) is 2. The zero-order valence-electron chi connectivity index (χ0n) is 12.0. The molecular formula is C14H28N2O. The van der Waals surface area contributed by atoms with E-state index in [1.807, 2.05) is 6.92 Å². The van der Waals surface area contributed by atoms with Crippen LogP contribution < -0.4 is 10.6 Å². The molecule has 0 radical (unpaired) electrons. The molecule has 0 aromatic carbocycles. The topological polar surface area (TPSA) is 41.1 Å². The van der Waals surface area contributed by atoms with E-state index >= 15 is 0 Å². The molecular weight excluding hydrogens is 212 g/mol. The minimum absolute atomic E-state index is 0.0880. The van der Waals surface area contributed by atoms with Crippen molar-refractivity contribution < 1.29 is 4.79 Å². The second-order valence-electron chi connectivity index (χ2n) is 5.88. The van der Waals surface area contributed by atoms with E-state index in [1.54, 1.807) is 0 Å². The Morgan fingerprint density at radius 3 is 2.24 bits per heavy atom. The molecule has 1 fully saturated rings. The summed E-state index contributed by atoms with van der Waals surface area (Å²) in [6.07, 6.45) is 4.59. The Balaban J connectivity index is 2.40. The predicted octanol–water partition coefficient (Wildman–Crippen LogP) is 2.46. The summed E-state index contributed by atoms with van der Waals surface area (Å²) in [5.74, 6) is 0.873. The smallest absolute Gasteiger partial charge is 0.237 e. The molecule has 2 N–H and O–H groups in total. The molecule has 1 aliphatic rings. The molecule has 1 amide bonds. The summed E-state index contributed by atoms with van der Waals surface area (Å²) in [5, 5.41) is 6.56. The van der Waals surface area contributed by atoms with Crippen LogP contribution in [0.5, 0.6) is 0 Å². The molecule has 17 heavy (non-hydrogen) atoms. The maximum absolute atomic E-state index is 12.0. The third kappa shape index (κ3) is 4.30. The molecule has 0 spiro atoms. The normalized spacial score (nSPS) is 18.2. The lowest BCUT2D eigenvalue weighted by atomic mass is 9.97. The van der Waals surface area contributed by atoms with Gasteiger partial charge < -0.3 is 10.6 Å². The Labute approximate surface area is 106 Å². The van der Waals surface area contributed by atoms with Crippen molar-refractivity contribution in [2.45, 2.75) is 77.9 Å². The van der Waals surface area contributed by atoms with Crippen molar-refractivity contribution in [3.8, 4) is 0 Å². The van der Waals surface area contributed by atoms with Crippen LogP contribution in [0.2, 0.25) is 0 Å². The molecule has 0 bridgehead atoms. The van der Waals surface area contributed by atoms with Crippen LogP contribution in [-0.4, -0.2) is 23.5 Å². The second-order valence-corrected chi connectivity index (χ2v) is 5.88. The summed E-state index contributed by atoms with van der Waals surface area (Å²) in [6, 6.07) is 0.210. The molecule has 1 rings (SSSR count). The first-order valence-electron chi connectivity index (χ1n) is 6.98. The maximum atomic E-state index is 12.0. The lowest BCUT2D eigenvalue weighted by molar-refractivity contribution is -0.124. The molecule has 0 aromatic heterocycles. The van der Waals surface area contributed by atoms with Crippen LogP contribution in [0.25, 0.3) is 0 Å². The Kier molecular flexibility index (Phi) is 4.99. The fraction of sp³-hybridized carbons (Fsp3) is 0.929. The van der Waals surface area contributed by atoms with Crippen molar-refractivity contribution in [1.29, 1.82) is 0 Å². The van der Waals surface area contributed by atoms with Crippen LogP contribution >= 0.6 is 0 Å². The monoisotopic (exact) mass is 240 g/mol. The third-order valence-electron chi connectivity index (χ3n) is 3.91. The highest BCUT2D eigenvalue weighted by Gasteiger charge is 2.39. The van der Waals surface area contributed by atoms with E-state index in [0.717, 1.165) is 18.8 Å². The first kappa shape index (κ1) is 14.5. The Morgan fingerprint density at radius 2 is 1.82 bits per heavy atom. The number of hydrogen-bond donors (Lipinski definition) is 2. The number of nitrogens with one attached hydrogen (secondary N) is 2. The average molecular weight is 240 g/mol. The first-order chi connectivity index (χ1) is 7.90. The minimum Gasteiger partial charge on any atom is -0.352 e. The van der Waals surface area contributed by atoms with Crippen LogP contribution in [0.15, 0.2) is 0 Å². The SMILES string of the molecule is CCC(CC)NC(=O)C(C)NC(C)(C)C1CC1. The summed E-state index contributed by atoms with van der Waals surface area (Å²) >= 11 is 0. The first-order valence-corrected chi connectivity index (χ1v) is 6.98. The number of amides is 1. The zero-order chi connectivity index (χ0) is 13.1. The minimum atomic E-state index is -0.105. The van der Waals surface area contributed by atoms with Crippen molar-refractivity contribution in [3.63, 3.8) is 0 Å². The number of carbonyl (C=O) groups is 1. The molecule has 3 nitrogen and oxygen atoms in total. The summed E-state index contributed by atoms with van der Waals surface area (Å²) < 4.78 is 0. The summed E-state index contributed by atoms with van der Waals surface area (Å²) in [7, 11) is 0. The molecule has 1 aliphatic carbocycles. The van der Waals surface area contributed by atoms with Gasteiger partial charge >= 0.3 is 0 Å². The summed E-state index contributed by atoms with van der Waals surface area (Å²) in [4.78, 5) is 12.0. The van der Waals surface area contributed by atoms with Gasteiger partial charge in [0, 0.05) is 11.6 Å². The Morgan fingerprint density at radius 1 is 1.29 bits per heavy atom. The molecule has 3 heteroatoms. The zero-order valence-corrected chi connectivity index (χ0v) is 12.0. The van der Waals surface area contributed by atoms with Crippen LogP contribution in [0.1, 0.15) is 60.3 Å². The fourth-order valence-electron chi connectivity index (χ4n) is 2.37. The van der Waals surface area contributed by atoms with Crippen LogP contribution in [0, 0.1) is 5.92 Å².